The Morgan fingerprint density at radius 2 is 2.11 bits per heavy atom. The van der Waals surface area contributed by atoms with Gasteiger partial charge in [0.2, 0.25) is 5.67 Å². The van der Waals surface area contributed by atoms with Crippen molar-refractivity contribution in [1.82, 2.24) is 19.7 Å². The van der Waals surface area contributed by atoms with E-state index in [1.807, 2.05) is 24.5 Å². The standard InChI is InChI=1S/C26H28F2N4O4/c1-25(2,13-35-3)22-20(14-7-8-26(28,11-14)24(33)34)21-18(9-15-12-29-31-23(15)30-21)32(22)16-5-6-17(27)19(10-16)36-4/h5-6,9-10,12,14H,7-8,11,13H2,1-4H3,(H,33,34)(H,29,30,31)/t14?,26-/m0/s1. The van der Waals surface area contributed by atoms with Crippen LogP contribution in [0.3, 0.4) is 0 Å². The van der Waals surface area contributed by atoms with Gasteiger partial charge in [0.1, 0.15) is 0 Å². The number of aromatic amines is 1. The number of nitrogens with zero attached hydrogens (tertiary/aromatic N) is 3. The Kier molecular flexibility index (Phi) is 5.74. The van der Waals surface area contributed by atoms with E-state index in [4.69, 9.17) is 14.5 Å². The van der Waals surface area contributed by atoms with Crippen LogP contribution in [-0.2, 0) is 14.9 Å². The first kappa shape index (κ1) is 24.2. The Morgan fingerprint density at radius 1 is 1.33 bits per heavy atom. The molecule has 0 radical (unpaired) electrons. The van der Waals surface area contributed by atoms with Gasteiger partial charge in [-0.15, -0.1) is 0 Å². The molecule has 10 heteroatoms. The number of ether oxygens (including phenoxy) is 2. The number of carboxylic acid groups (broad SMARTS) is 1. The van der Waals surface area contributed by atoms with Crippen LogP contribution in [0, 0.1) is 5.82 Å². The number of H-pyrrole nitrogens is 1. The summed E-state index contributed by atoms with van der Waals surface area (Å²) in [6, 6.07) is 6.53. The quantitative estimate of drug-likeness (QED) is 0.370. The molecule has 1 aliphatic carbocycles. The molecule has 190 valence electrons. The summed E-state index contributed by atoms with van der Waals surface area (Å²) in [6.45, 7) is 4.35. The molecule has 0 aliphatic heterocycles. The number of pyridine rings is 1. The Bertz CT molecular complexity index is 1480. The molecule has 36 heavy (non-hydrogen) atoms. The third-order valence-corrected chi connectivity index (χ3v) is 7.17. The minimum atomic E-state index is -2.31. The van der Waals surface area contributed by atoms with E-state index >= 15 is 4.39 Å². The van der Waals surface area contributed by atoms with Crippen LogP contribution in [0.25, 0.3) is 27.8 Å². The van der Waals surface area contributed by atoms with Gasteiger partial charge in [-0.05, 0) is 43.4 Å². The molecular formula is C26H28F2N4O4. The van der Waals surface area contributed by atoms with Crippen molar-refractivity contribution >= 4 is 28.0 Å². The average Bonchev–Trinajstić information content (AvgIpc) is 3.53. The lowest BCUT2D eigenvalue weighted by molar-refractivity contribution is -0.150. The number of fused-ring (bicyclic) bond motifs is 2. The van der Waals surface area contributed by atoms with Gasteiger partial charge >= 0.3 is 5.97 Å². The minimum Gasteiger partial charge on any atom is -0.494 e. The zero-order chi connectivity index (χ0) is 25.8. The molecule has 1 unspecified atom stereocenters. The summed E-state index contributed by atoms with van der Waals surface area (Å²) in [5.41, 5.74) is 1.22. The molecule has 0 amide bonds. The number of halogens is 2. The van der Waals surface area contributed by atoms with Crippen molar-refractivity contribution in [2.24, 2.45) is 0 Å². The number of hydrogen-bond donors (Lipinski definition) is 2. The molecule has 5 rings (SSSR count). The maximum atomic E-state index is 15.3. The molecule has 8 nitrogen and oxygen atoms in total. The molecule has 3 heterocycles. The fourth-order valence-corrected chi connectivity index (χ4v) is 5.57. The topological polar surface area (TPSA) is 102 Å². The van der Waals surface area contributed by atoms with Crippen LogP contribution < -0.4 is 4.74 Å². The summed E-state index contributed by atoms with van der Waals surface area (Å²) in [6.07, 6.45) is 1.78. The van der Waals surface area contributed by atoms with Gasteiger partial charge in [-0.2, -0.15) is 5.10 Å². The highest BCUT2D eigenvalue weighted by Crippen LogP contribution is 2.50. The predicted molar refractivity (Wildman–Crippen MR) is 130 cm³/mol. The Labute approximate surface area is 206 Å². The smallest absolute Gasteiger partial charge is 0.341 e. The highest BCUT2D eigenvalue weighted by Gasteiger charge is 2.49. The summed E-state index contributed by atoms with van der Waals surface area (Å²) in [7, 11) is 3.01. The number of aromatic nitrogens is 4. The second-order valence-corrected chi connectivity index (χ2v) is 10.1. The van der Waals surface area contributed by atoms with Crippen molar-refractivity contribution in [3.05, 3.63) is 47.5 Å². The van der Waals surface area contributed by atoms with Gasteiger partial charge in [-0.25, -0.2) is 18.6 Å². The van der Waals surface area contributed by atoms with Crippen molar-refractivity contribution in [3.8, 4) is 11.4 Å². The van der Waals surface area contributed by atoms with Crippen molar-refractivity contribution < 1.29 is 28.2 Å². The summed E-state index contributed by atoms with van der Waals surface area (Å²) >= 11 is 0. The summed E-state index contributed by atoms with van der Waals surface area (Å²) in [5, 5.41) is 17.3. The molecule has 0 saturated heterocycles. The van der Waals surface area contributed by atoms with Crippen molar-refractivity contribution in [3.63, 3.8) is 0 Å². The SMILES string of the molecule is COCC(C)(C)c1c(C2CC[C@@](F)(C(=O)O)C2)c2nc3[nH]ncc3cc2n1-c1ccc(F)c(OC)c1. The van der Waals surface area contributed by atoms with E-state index in [2.05, 4.69) is 10.2 Å². The highest BCUT2D eigenvalue weighted by atomic mass is 19.1. The van der Waals surface area contributed by atoms with Crippen LogP contribution in [0.15, 0.2) is 30.5 Å². The van der Waals surface area contributed by atoms with E-state index in [-0.39, 0.29) is 18.6 Å². The average molecular weight is 499 g/mol. The van der Waals surface area contributed by atoms with E-state index in [9.17, 15) is 14.3 Å². The van der Waals surface area contributed by atoms with E-state index in [0.717, 1.165) is 22.2 Å². The van der Waals surface area contributed by atoms with Gasteiger partial charge in [-0.3, -0.25) is 5.10 Å². The number of rotatable bonds is 7. The molecule has 1 aliphatic rings. The largest absolute Gasteiger partial charge is 0.494 e. The zero-order valence-corrected chi connectivity index (χ0v) is 20.6. The van der Waals surface area contributed by atoms with Gasteiger partial charge in [0, 0.05) is 40.9 Å². The maximum Gasteiger partial charge on any atom is 0.341 e. The third-order valence-electron chi connectivity index (χ3n) is 7.17. The van der Waals surface area contributed by atoms with Gasteiger partial charge < -0.3 is 19.1 Å². The van der Waals surface area contributed by atoms with Crippen molar-refractivity contribution in [2.45, 2.75) is 50.1 Å². The maximum absolute atomic E-state index is 15.3. The third kappa shape index (κ3) is 3.71. The molecule has 1 saturated carbocycles. The number of hydrogen-bond acceptors (Lipinski definition) is 5. The molecule has 2 atom stereocenters. The number of aliphatic carboxylic acids is 1. The van der Waals surface area contributed by atoms with Crippen LogP contribution in [0.5, 0.6) is 5.75 Å². The molecule has 0 spiro atoms. The fraction of sp³-hybridized carbons (Fsp3) is 0.423. The molecular weight excluding hydrogens is 470 g/mol. The molecule has 3 aromatic heterocycles. The summed E-state index contributed by atoms with van der Waals surface area (Å²) < 4.78 is 42.5. The molecule has 0 bridgehead atoms. The summed E-state index contributed by atoms with van der Waals surface area (Å²) in [4.78, 5) is 16.6. The van der Waals surface area contributed by atoms with Crippen LogP contribution in [-0.4, -0.2) is 57.3 Å². The molecule has 1 fully saturated rings. The number of nitrogens with one attached hydrogen (secondary N) is 1. The second kappa shape index (κ2) is 8.55. The van der Waals surface area contributed by atoms with E-state index in [1.54, 1.807) is 25.4 Å². The second-order valence-electron chi connectivity index (χ2n) is 10.1. The number of methoxy groups -OCH3 is 2. The van der Waals surface area contributed by atoms with Gasteiger partial charge in [0.15, 0.2) is 17.2 Å². The number of carboxylic acids is 1. The van der Waals surface area contributed by atoms with Crippen LogP contribution in [0.4, 0.5) is 8.78 Å². The zero-order valence-electron chi connectivity index (χ0n) is 20.6. The first-order valence-electron chi connectivity index (χ1n) is 11.7. The lowest BCUT2D eigenvalue weighted by Crippen LogP contribution is -2.31. The van der Waals surface area contributed by atoms with Crippen LogP contribution in [0.2, 0.25) is 0 Å². The fourth-order valence-electron chi connectivity index (χ4n) is 5.57. The predicted octanol–water partition coefficient (Wildman–Crippen LogP) is 5.03. The number of carbonyl (C=O) groups is 1. The minimum absolute atomic E-state index is 0.0817. The van der Waals surface area contributed by atoms with E-state index < -0.39 is 28.8 Å². The number of benzene rings is 1. The highest BCUT2D eigenvalue weighted by molar-refractivity contribution is 5.94. The summed E-state index contributed by atoms with van der Waals surface area (Å²) in [5.74, 6) is -2.25. The Hall–Kier alpha value is -3.53. The van der Waals surface area contributed by atoms with E-state index in [0.29, 0.717) is 29.9 Å². The molecule has 2 N–H and O–H groups in total. The normalized spacial score (nSPS) is 20.4. The van der Waals surface area contributed by atoms with Crippen molar-refractivity contribution in [2.75, 3.05) is 20.8 Å². The van der Waals surface area contributed by atoms with Gasteiger partial charge in [0.05, 0.1) is 30.9 Å². The Morgan fingerprint density at radius 3 is 2.78 bits per heavy atom. The van der Waals surface area contributed by atoms with Crippen LogP contribution in [0.1, 0.15) is 50.3 Å². The monoisotopic (exact) mass is 498 g/mol. The first-order valence-corrected chi connectivity index (χ1v) is 11.7. The first-order chi connectivity index (χ1) is 17.1. The molecule has 1 aromatic carbocycles. The van der Waals surface area contributed by atoms with Gasteiger partial charge in [0.25, 0.3) is 0 Å². The molecule has 4 aromatic rings. The lowest BCUT2D eigenvalue weighted by atomic mass is 9.82. The van der Waals surface area contributed by atoms with Gasteiger partial charge in [-0.1, -0.05) is 13.8 Å². The van der Waals surface area contributed by atoms with E-state index in [1.165, 1.54) is 13.2 Å². The van der Waals surface area contributed by atoms with Crippen LogP contribution >= 0.6 is 0 Å². The van der Waals surface area contributed by atoms with Crippen molar-refractivity contribution in [1.29, 1.82) is 0 Å². The Balaban J connectivity index is 1.88. The lowest BCUT2D eigenvalue weighted by Gasteiger charge is -2.29. The number of alkyl halides is 1.